The molecular weight excluding hydrogens is 230 g/mol. The summed E-state index contributed by atoms with van der Waals surface area (Å²) >= 11 is 0. The van der Waals surface area contributed by atoms with E-state index in [1.54, 1.807) is 11.1 Å². The van der Waals surface area contributed by atoms with Crippen molar-refractivity contribution in [3.8, 4) is 0 Å². The molecule has 2 aromatic rings. The van der Waals surface area contributed by atoms with Crippen molar-refractivity contribution in [2.75, 3.05) is 0 Å². The van der Waals surface area contributed by atoms with Crippen LogP contribution in [0.4, 0.5) is 0 Å². The highest BCUT2D eigenvalue weighted by Crippen LogP contribution is 2.24. The molecule has 3 rings (SSSR count). The van der Waals surface area contributed by atoms with Gasteiger partial charge in [0.25, 0.3) is 0 Å². The molecular formula is C18H21N. The van der Waals surface area contributed by atoms with E-state index in [4.69, 9.17) is 5.73 Å². The first-order chi connectivity index (χ1) is 9.33. The van der Waals surface area contributed by atoms with Crippen LogP contribution in [0.2, 0.25) is 0 Å². The van der Waals surface area contributed by atoms with Gasteiger partial charge in [0.05, 0.1) is 0 Å². The van der Waals surface area contributed by atoms with Gasteiger partial charge >= 0.3 is 0 Å². The average molecular weight is 251 g/mol. The Morgan fingerprint density at radius 3 is 2.58 bits per heavy atom. The van der Waals surface area contributed by atoms with Gasteiger partial charge in [-0.3, -0.25) is 0 Å². The second kappa shape index (κ2) is 5.58. The monoisotopic (exact) mass is 251 g/mol. The molecule has 0 fully saturated rings. The summed E-state index contributed by atoms with van der Waals surface area (Å²) < 4.78 is 0. The zero-order chi connectivity index (χ0) is 13.1. The predicted molar refractivity (Wildman–Crippen MR) is 80.2 cm³/mol. The minimum Gasteiger partial charge on any atom is -0.324 e. The first-order valence-corrected chi connectivity index (χ1v) is 7.24. The highest BCUT2D eigenvalue weighted by molar-refractivity contribution is 5.35. The lowest BCUT2D eigenvalue weighted by atomic mass is 9.98. The average Bonchev–Trinajstić information content (AvgIpc) is 2.93. The summed E-state index contributed by atoms with van der Waals surface area (Å²) in [6.07, 6.45) is 5.93. The van der Waals surface area contributed by atoms with Crippen molar-refractivity contribution in [3.63, 3.8) is 0 Å². The Morgan fingerprint density at radius 1 is 0.947 bits per heavy atom. The maximum Gasteiger partial charge on any atom is 0.0298 e. The van der Waals surface area contributed by atoms with Gasteiger partial charge in [-0.1, -0.05) is 48.5 Å². The Morgan fingerprint density at radius 2 is 1.74 bits per heavy atom. The molecule has 1 aliphatic carbocycles. The molecule has 1 atom stereocenters. The van der Waals surface area contributed by atoms with Gasteiger partial charge in [-0.2, -0.15) is 0 Å². The molecule has 1 unspecified atom stereocenters. The van der Waals surface area contributed by atoms with E-state index in [1.807, 2.05) is 6.07 Å². The summed E-state index contributed by atoms with van der Waals surface area (Å²) in [5, 5.41) is 0. The highest BCUT2D eigenvalue weighted by atomic mass is 14.6. The lowest BCUT2D eigenvalue weighted by molar-refractivity contribution is 0.651. The van der Waals surface area contributed by atoms with Crippen LogP contribution >= 0.6 is 0 Å². The fourth-order valence-corrected chi connectivity index (χ4v) is 2.97. The first-order valence-electron chi connectivity index (χ1n) is 7.24. The van der Waals surface area contributed by atoms with Gasteiger partial charge in [0.15, 0.2) is 0 Å². The molecule has 0 bridgehead atoms. The number of hydrogen-bond donors (Lipinski definition) is 1. The van der Waals surface area contributed by atoms with Gasteiger partial charge in [0.2, 0.25) is 0 Å². The molecule has 98 valence electrons. The molecule has 0 aliphatic heterocycles. The molecule has 0 radical (unpaired) electrons. The third-order valence-corrected chi connectivity index (χ3v) is 4.13. The van der Waals surface area contributed by atoms with Crippen LogP contribution in [0.25, 0.3) is 0 Å². The van der Waals surface area contributed by atoms with Crippen molar-refractivity contribution in [2.24, 2.45) is 5.73 Å². The molecule has 2 N–H and O–H groups in total. The van der Waals surface area contributed by atoms with Gasteiger partial charge < -0.3 is 5.73 Å². The number of rotatable bonds is 4. The summed E-state index contributed by atoms with van der Waals surface area (Å²) in [4.78, 5) is 0. The Labute approximate surface area is 115 Å². The zero-order valence-electron chi connectivity index (χ0n) is 11.3. The van der Waals surface area contributed by atoms with E-state index in [0.717, 1.165) is 12.8 Å². The zero-order valence-corrected chi connectivity index (χ0v) is 11.3. The van der Waals surface area contributed by atoms with Crippen LogP contribution in [0.3, 0.4) is 0 Å². The summed E-state index contributed by atoms with van der Waals surface area (Å²) in [7, 11) is 0. The van der Waals surface area contributed by atoms with Crippen molar-refractivity contribution in [1.82, 2.24) is 0 Å². The SMILES string of the molecule is NC(CCc1ccc2c(c1)CCC2)c1ccccc1. The molecule has 0 saturated carbocycles. The third-order valence-electron chi connectivity index (χ3n) is 4.13. The number of benzene rings is 2. The third kappa shape index (κ3) is 2.87. The molecule has 19 heavy (non-hydrogen) atoms. The summed E-state index contributed by atoms with van der Waals surface area (Å²) in [5.41, 5.74) is 12.0. The van der Waals surface area contributed by atoms with Crippen LogP contribution in [0.15, 0.2) is 48.5 Å². The minimum absolute atomic E-state index is 0.148. The Hall–Kier alpha value is -1.60. The highest BCUT2D eigenvalue weighted by Gasteiger charge is 2.11. The van der Waals surface area contributed by atoms with Gasteiger partial charge in [-0.15, -0.1) is 0 Å². The molecule has 0 spiro atoms. The maximum absolute atomic E-state index is 6.26. The van der Waals surface area contributed by atoms with Crippen molar-refractivity contribution in [2.45, 2.75) is 38.1 Å². The molecule has 1 nitrogen and oxygen atoms in total. The van der Waals surface area contributed by atoms with Crippen molar-refractivity contribution in [1.29, 1.82) is 0 Å². The van der Waals surface area contributed by atoms with Crippen LogP contribution in [0.1, 0.15) is 41.1 Å². The fraction of sp³-hybridized carbons (Fsp3) is 0.333. The minimum atomic E-state index is 0.148. The van der Waals surface area contributed by atoms with E-state index in [1.165, 1.54) is 30.4 Å². The van der Waals surface area contributed by atoms with Gasteiger partial charge in [0, 0.05) is 6.04 Å². The van der Waals surface area contributed by atoms with E-state index < -0.39 is 0 Å². The largest absolute Gasteiger partial charge is 0.324 e. The number of fused-ring (bicyclic) bond motifs is 1. The molecule has 0 saturated heterocycles. The molecule has 0 amide bonds. The Kier molecular flexibility index (Phi) is 3.65. The van der Waals surface area contributed by atoms with Crippen LogP contribution in [0.5, 0.6) is 0 Å². The van der Waals surface area contributed by atoms with E-state index in [0.29, 0.717) is 0 Å². The van der Waals surface area contributed by atoms with Crippen molar-refractivity contribution in [3.05, 3.63) is 70.8 Å². The topological polar surface area (TPSA) is 26.0 Å². The number of hydrogen-bond acceptors (Lipinski definition) is 1. The van der Waals surface area contributed by atoms with Crippen LogP contribution in [0, 0.1) is 0 Å². The summed E-state index contributed by atoms with van der Waals surface area (Å²) in [6.45, 7) is 0. The second-order valence-electron chi connectivity index (χ2n) is 5.51. The molecule has 1 aliphatic rings. The quantitative estimate of drug-likeness (QED) is 0.878. The fourth-order valence-electron chi connectivity index (χ4n) is 2.97. The second-order valence-corrected chi connectivity index (χ2v) is 5.51. The molecule has 2 aromatic carbocycles. The Bertz CT molecular complexity index is 545. The van der Waals surface area contributed by atoms with Gasteiger partial charge in [0.1, 0.15) is 0 Å². The van der Waals surface area contributed by atoms with E-state index in [2.05, 4.69) is 42.5 Å². The van der Waals surface area contributed by atoms with Crippen molar-refractivity contribution < 1.29 is 0 Å². The molecule has 0 heterocycles. The van der Waals surface area contributed by atoms with Crippen molar-refractivity contribution >= 4 is 0 Å². The maximum atomic E-state index is 6.26. The van der Waals surface area contributed by atoms with E-state index >= 15 is 0 Å². The van der Waals surface area contributed by atoms with Gasteiger partial charge in [-0.05, 0) is 54.4 Å². The predicted octanol–water partition coefficient (Wildman–Crippen LogP) is 3.81. The van der Waals surface area contributed by atoms with Crippen LogP contribution in [-0.2, 0) is 19.3 Å². The summed E-state index contributed by atoms with van der Waals surface area (Å²) in [6, 6.07) is 17.5. The van der Waals surface area contributed by atoms with Crippen LogP contribution < -0.4 is 5.73 Å². The smallest absolute Gasteiger partial charge is 0.0298 e. The molecule has 1 heteroatoms. The standard InChI is InChI=1S/C18H21N/c19-18(16-5-2-1-3-6-16)12-10-14-9-11-15-7-4-8-17(15)13-14/h1-3,5-6,9,11,13,18H,4,7-8,10,12,19H2. The molecule has 0 aromatic heterocycles. The van der Waals surface area contributed by atoms with E-state index in [9.17, 15) is 0 Å². The summed E-state index contributed by atoms with van der Waals surface area (Å²) in [5.74, 6) is 0. The number of nitrogens with two attached hydrogens (primary N) is 1. The number of aryl methyl sites for hydroxylation is 3. The van der Waals surface area contributed by atoms with E-state index in [-0.39, 0.29) is 6.04 Å². The van der Waals surface area contributed by atoms with Crippen LogP contribution in [-0.4, -0.2) is 0 Å². The lowest BCUT2D eigenvalue weighted by Gasteiger charge is -2.12. The van der Waals surface area contributed by atoms with Gasteiger partial charge in [-0.25, -0.2) is 0 Å². The normalized spacial score (nSPS) is 15.2. The first kappa shape index (κ1) is 12.4. The lowest BCUT2D eigenvalue weighted by Crippen LogP contribution is -2.11. The Balaban J connectivity index is 1.63.